The van der Waals surface area contributed by atoms with Crippen molar-refractivity contribution < 1.29 is 4.74 Å². The van der Waals surface area contributed by atoms with E-state index in [9.17, 15) is 0 Å². The third-order valence-corrected chi connectivity index (χ3v) is 4.15. The fourth-order valence-electron chi connectivity index (χ4n) is 1.63. The minimum atomic E-state index is 0.627. The number of nitrogens with two attached hydrogens (primary N) is 1. The van der Waals surface area contributed by atoms with Crippen molar-refractivity contribution in [3.8, 4) is 11.5 Å². The normalized spacial score (nSPS) is 10.5. The second-order valence-electron chi connectivity index (χ2n) is 3.97. The Hall–Kier alpha value is -0.550. The van der Waals surface area contributed by atoms with Gasteiger partial charge in [0.15, 0.2) is 0 Å². The molecule has 5 heteroatoms. The standard InChI is InChI=1S/C14H12Br2ClNO/c15-12-8-11(3-1-9(12)5-6-18)19-14-4-2-10(17)7-13(14)16/h1-4,7-8H,5-6,18H2. The number of rotatable bonds is 4. The molecule has 0 amide bonds. The molecule has 0 radical (unpaired) electrons. The Morgan fingerprint density at radius 2 is 1.84 bits per heavy atom. The summed E-state index contributed by atoms with van der Waals surface area (Å²) in [6.07, 6.45) is 0.839. The number of ether oxygens (including phenoxy) is 1. The average Bonchev–Trinajstić information content (AvgIpc) is 2.36. The quantitative estimate of drug-likeness (QED) is 0.763. The molecule has 0 spiro atoms. The van der Waals surface area contributed by atoms with Gasteiger partial charge in [-0.15, -0.1) is 0 Å². The highest BCUT2D eigenvalue weighted by Gasteiger charge is 2.06. The molecule has 0 aliphatic rings. The summed E-state index contributed by atoms with van der Waals surface area (Å²) in [5.41, 5.74) is 6.73. The van der Waals surface area contributed by atoms with Crippen LogP contribution < -0.4 is 10.5 Å². The Morgan fingerprint density at radius 3 is 2.47 bits per heavy atom. The number of hydrogen-bond acceptors (Lipinski definition) is 2. The Kier molecular flexibility index (Phi) is 5.28. The first-order chi connectivity index (χ1) is 9.10. The topological polar surface area (TPSA) is 35.2 Å². The maximum atomic E-state index is 5.90. The second-order valence-corrected chi connectivity index (χ2v) is 6.11. The zero-order valence-electron chi connectivity index (χ0n) is 10.00. The van der Waals surface area contributed by atoms with E-state index < -0.39 is 0 Å². The molecule has 0 fully saturated rings. The third-order valence-electron chi connectivity index (χ3n) is 2.56. The highest BCUT2D eigenvalue weighted by atomic mass is 79.9. The van der Waals surface area contributed by atoms with Crippen LogP contribution in [0.4, 0.5) is 0 Å². The van der Waals surface area contributed by atoms with Crippen molar-refractivity contribution in [2.75, 3.05) is 6.54 Å². The zero-order valence-corrected chi connectivity index (χ0v) is 13.9. The second kappa shape index (κ2) is 6.75. The Morgan fingerprint density at radius 1 is 1.05 bits per heavy atom. The van der Waals surface area contributed by atoms with Crippen LogP contribution in [-0.4, -0.2) is 6.54 Å². The van der Waals surface area contributed by atoms with Crippen molar-refractivity contribution in [2.45, 2.75) is 6.42 Å². The van der Waals surface area contributed by atoms with Gasteiger partial charge < -0.3 is 10.5 Å². The molecule has 0 saturated carbocycles. The van der Waals surface area contributed by atoms with Gasteiger partial charge in [0.2, 0.25) is 0 Å². The van der Waals surface area contributed by atoms with Gasteiger partial charge in [-0.2, -0.15) is 0 Å². The summed E-state index contributed by atoms with van der Waals surface area (Å²) in [4.78, 5) is 0. The van der Waals surface area contributed by atoms with Crippen LogP contribution in [0.15, 0.2) is 45.3 Å². The lowest BCUT2D eigenvalue weighted by Gasteiger charge is -2.10. The molecule has 2 aromatic carbocycles. The maximum absolute atomic E-state index is 5.90. The molecule has 2 aromatic rings. The predicted octanol–water partition coefficient (Wildman–Crippen LogP) is 5.16. The van der Waals surface area contributed by atoms with Crippen molar-refractivity contribution >= 4 is 43.5 Å². The van der Waals surface area contributed by atoms with Gasteiger partial charge in [-0.05, 0) is 64.8 Å². The molecule has 0 atom stereocenters. The number of hydrogen-bond donors (Lipinski definition) is 1. The Balaban J connectivity index is 2.21. The molecule has 0 aromatic heterocycles. The van der Waals surface area contributed by atoms with Crippen molar-refractivity contribution in [3.05, 3.63) is 55.9 Å². The van der Waals surface area contributed by atoms with E-state index in [0.29, 0.717) is 11.6 Å². The third kappa shape index (κ3) is 3.96. The summed E-state index contributed by atoms with van der Waals surface area (Å²) < 4.78 is 7.63. The van der Waals surface area contributed by atoms with Crippen LogP contribution in [0.2, 0.25) is 5.02 Å². The summed E-state index contributed by atoms with van der Waals surface area (Å²) in [7, 11) is 0. The summed E-state index contributed by atoms with van der Waals surface area (Å²) >= 11 is 12.8. The van der Waals surface area contributed by atoms with Crippen molar-refractivity contribution in [1.82, 2.24) is 0 Å². The minimum absolute atomic E-state index is 0.627. The van der Waals surface area contributed by atoms with Gasteiger partial charge in [0.05, 0.1) is 4.47 Å². The highest BCUT2D eigenvalue weighted by Crippen LogP contribution is 2.33. The summed E-state index contributed by atoms with van der Waals surface area (Å²) in [5.74, 6) is 1.48. The monoisotopic (exact) mass is 403 g/mol. The smallest absolute Gasteiger partial charge is 0.141 e. The predicted molar refractivity (Wildman–Crippen MR) is 86.1 cm³/mol. The molecular formula is C14H12Br2ClNO. The van der Waals surface area contributed by atoms with E-state index in [2.05, 4.69) is 31.9 Å². The van der Waals surface area contributed by atoms with Crippen LogP contribution in [0.25, 0.3) is 0 Å². The fraction of sp³-hybridized carbons (Fsp3) is 0.143. The van der Waals surface area contributed by atoms with Gasteiger partial charge >= 0.3 is 0 Å². The van der Waals surface area contributed by atoms with E-state index in [1.807, 2.05) is 24.3 Å². The molecule has 19 heavy (non-hydrogen) atoms. The molecule has 100 valence electrons. The van der Waals surface area contributed by atoms with Gasteiger partial charge in [-0.25, -0.2) is 0 Å². The van der Waals surface area contributed by atoms with Crippen LogP contribution in [-0.2, 0) is 6.42 Å². The van der Waals surface area contributed by atoms with Crippen LogP contribution in [0.5, 0.6) is 11.5 Å². The van der Waals surface area contributed by atoms with E-state index in [1.54, 1.807) is 12.1 Å². The lowest BCUT2D eigenvalue weighted by molar-refractivity contribution is 0.479. The first-order valence-corrected chi connectivity index (χ1v) is 7.68. The van der Waals surface area contributed by atoms with Gasteiger partial charge in [0, 0.05) is 9.50 Å². The molecule has 0 unspecified atom stereocenters. The van der Waals surface area contributed by atoms with E-state index in [-0.39, 0.29) is 0 Å². The summed E-state index contributed by atoms with van der Waals surface area (Å²) in [6, 6.07) is 11.3. The number of benzene rings is 2. The molecule has 2 nitrogen and oxygen atoms in total. The lowest BCUT2D eigenvalue weighted by Crippen LogP contribution is -2.03. The summed E-state index contributed by atoms with van der Waals surface area (Å²) in [6.45, 7) is 0.627. The first-order valence-electron chi connectivity index (χ1n) is 5.71. The molecule has 2 N–H and O–H groups in total. The average molecular weight is 406 g/mol. The van der Waals surface area contributed by atoms with E-state index in [4.69, 9.17) is 22.1 Å². The molecular weight excluding hydrogens is 393 g/mol. The summed E-state index contributed by atoms with van der Waals surface area (Å²) in [5, 5.41) is 0.665. The Bertz CT molecular complexity index is 590. The van der Waals surface area contributed by atoms with Crippen molar-refractivity contribution in [2.24, 2.45) is 5.73 Å². The van der Waals surface area contributed by atoms with Crippen LogP contribution in [0.3, 0.4) is 0 Å². The molecule has 2 rings (SSSR count). The zero-order chi connectivity index (χ0) is 13.8. The van der Waals surface area contributed by atoms with E-state index in [1.165, 1.54) is 5.56 Å². The highest BCUT2D eigenvalue weighted by molar-refractivity contribution is 9.10. The first kappa shape index (κ1) is 14.9. The molecule has 0 saturated heterocycles. The molecule has 0 bridgehead atoms. The molecule has 0 heterocycles. The van der Waals surface area contributed by atoms with E-state index >= 15 is 0 Å². The van der Waals surface area contributed by atoms with Crippen LogP contribution in [0.1, 0.15) is 5.56 Å². The molecule has 0 aliphatic heterocycles. The fourth-order valence-corrected chi connectivity index (χ4v) is 2.95. The van der Waals surface area contributed by atoms with Crippen LogP contribution in [0, 0.1) is 0 Å². The SMILES string of the molecule is NCCc1ccc(Oc2ccc(Cl)cc2Br)cc1Br. The number of halogens is 3. The Labute approximate surface area is 134 Å². The maximum Gasteiger partial charge on any atom is 0.141 e. The minimum Gasteiger partial charge on any atom is -0.456 e. The van der Waals surface area contributed by atoms with Gasteiger partial charge in [0.25, 0.3) is 0 Å². The van der Waals surface area contributed by atoms with Crippen LogP contribution >= 0.6 is 43.5 Å². The largest absolute Gasteiger partial charge is 0.456 e. The van der Waals surface area contributed by atoms with Gasteiger partial charge in [-0.1, -0.05) is 33.6 Å². The van der Waals surface area contributed by atoms with E-state index in [0.717, 1.165) is 26.9 Å². The van der Waals surface area contributed by atoms with Crippen molar-refractivity contribution in [3.63, 3.8) is 0 Å². The molecule has 0 aliphatic carbocycles. The van der Waals surface area contributed by atoms with Gasteiger partial charge in [0.1, 0.15) is 11.5 Å². The van der Waals surface area contributed by atoms with Crippen molar-refractivity contribution in [1.29, 1.82) is 0 Å². The van der Waals surface area contributed by atoms with Gasteiger partial charge in [-0.3, -0.25) is 0 Å². The lowest BCUT2D eigenvalue weighted by atomic mass is 10.1.